The zero-order chi connectivity index (χ0) is 30.5. The zero-order valence-electron chi connectivity index (χ0n) is 25.5. The number of hydrogen-bond donors (Lipinski definition) is 2. The SMILES string of the molecule is CN=CC(C=N)c1cccc(Cc2c3c(nn2C)CCC2=C3C(C)CCC(=Nc3ccc(C(=O)NC)cc3OC)N=C2)c1. The maximum Gasteiger partial charge on any atom is 0.251 e. The van der Waals surface area contributed by atoms with Crippen LogP contribution < -0.4 is 10.1 Å². The van der Waals surface area contributed by atoms with Gasteiger partial charge in [0.1, 0.15) is 17.3 Å². The second-order valence-electron chi connectivity index (χ2n) is 11.0. The Morgan fingerprint density at radius 3 is 2.81 bits per heavy atom. The molecule has 1 amide bonds. The maximum atomic E-state index is 12.1. The summed E-state index contributed by atoms with van der Waals surface area (Å²) in [5.74, 6) is 1.27. The molecule has 0 saturated carbocycles. The summed E-state index contributed by atoms with van der Waals surface area (Å²) in [6.45, 7) is 2.29. The molecule has 9 heteroatoms. The third-order valence-corrected chi connectivity index (χ3v) is 8.26. The minimum Gasteiger partial charge on any atom is -0.494 e. The van der Waals surface area contributed by atoms with Crippen LogP contribution in [0.4, 0.5) is 5.69 Å². The number of carbonyl (C=O) groups is 1. The van der Waals surface area contributed by atoms with Crippen LogP contribution in [-0.2, 0) is 19.9 Å². The fraction of sp³-hybridized carbons (Fsp3) is 0.353. The normalized spacial score (nSPS) is 18.2. The van der Waals surface area contributed by atoms with Crippen molar-refractivity contribution in [2.24, 2.45) is 27.9 Å². The third kappa shape index (κ3) is 6.26. The summed E-state index contributed by atoms with van der Waals surface area (Å²) in [7, 11) is 6.97. The first-order valence-electron chi connectivity index (χ1n) is 14.7. The summed E-state index contributed by atoms with van der Waals surface area (Å²) < 4.78 is 7.59. The molecule has 9 nitrogen and oxygen atoms in total. The highest BCUT2D eigenvalue weighted by atomic mass is 16.5. The molecule has 1 aliphatic heterocycles. The van der Waals surface area contributed by atoms with Gasteiger partial charge in [-0.25, -0.2) is 9.98 Å². The van der Waals surface area contributed by atoms with Gasteiger partial charge in [-0.05, 0) is 65.7 Å². The number of amidine groups is 1. The van der Waals surface area contributed by atoms with E-state index in [1.165, 1.54) is 34.2 Å². The number of methoxy groups -OCH3 is 1. The van der Waals surface area contributed by atoms with E-state index in [2.05, 4.69) is 41.5 Å². The molecule has 2 atom stereocenters. The van der Waals surface area contributed by atoms with Gasteiger partial charge in [0.2, 0.25) is 0 Å². The van der Waals surface area contributed by atoms with Crippen molar-refractivity contribution in [3.8, 4) is 5.75 Å². The third-order valence-electron chi connectivity index (χ3n) is 8.26. The molecule has 0 radical (unpaired) electrons. The molecule has 0 spiro atoms. The van der Waals surface area contributed by atoms with E-state index in [0.29, 0.717) is 29.3 Å². The number of nitrogens with zero attached hydrogens (tertiary/aromatic N) is 5. The molecular weight excluding hydrogens is 538 g/mol. The summed E-state index contributed by atoms with van der Waals surface area (Å²) in [4.78, 5) is 25.9. The number of allylic oxidation sites excluding steroid dienone is 2. The molecule has 2 unspecified atom stereocenters. The fourth-order valence-corrected chi connectivity index (χ4v) is 6.03. The number of aryl methyl sites for hydroxylation is 2. The van der Waals surface area contributed by atoms with Crippen LogP contribution >= 0.6 is 0 Å². The first kappa shape index (κ1) is 29.8. The average Bonchev–Trinajstić information content (AvgIpc) is 3.33. The van der Waals surface area contributed by atoms with Crippen LogP contribution in [0.1, 0.15) is 70.5 Å². The maximum absolute atomic E-state index is 12.1. The second-order valence-corrected chi connectivity index (χ2v) is 11.0. The van der Waals surface area contributed by atoms with E-state index in [1.54, 1.807) is 39.6 Å². The van der Waals surface area contributed by atoms with Gasteiger partial charge in [-0.3, -0.25) is 14.5 Å². The molecule has 0 bridgehead atoms. The highest BCUT2D eigenvalue weighted by Gasteiger charge is 2.30. The predicted molar refractivity (Wildman–Crippen MR) is 174 cm³/mol. The number of carbonyl (C=O) groups excluding carboxylic acids is 1. The van der Waals surface area contributed by atoms with E-state index in [9.17, 15) is 4.79 Å². The minimum atomic E-state index is -0.171. The lowest BCUT2D eigenvalue weighted by molar-refractivity contribution is 0.0962. The number of aliphatic imine (C=N–C) groups is 3. The number of benzene rings is 2. The molecular formula is C34H39N7O2. The van der Waals surface area contributed by atoms with Crippen LogP contribution in [0.25, 0.3) is 5.57 Å². The molecule has 0 saturated heterocycles. The van der Waals surface area contributed by atoms with Crippen LogP contribution in [-0.4, -0.2) is 61.4 Å². The molecule has 1 aliphatic carbocycles. The van der Waals surface area contributed by atoms with Gasteiger partial charge in [0.25, 0.3) is 5.91 Å². The Morgan fingerprint density at radius 2 is 2.07 bits per heavy atom. The van der Waals surface area contributed by atoms with E-state index in [4.69, 9.17) is 25.2 Å². The van der Waals surface area contributed by atoms with Crippen molar-refractivity contribution in [1.82, 2.24) is 15.1 Å². The summed E-state index contributed by atoms with van der Waals surface area (Å²) in [5, 5.41) is 15.4. The van der Waals surface area contributed by atoms with Gasteiger partial charge < -0.3 is 15.5 Å². The van der Waals surface area contributed by atoms with Crippen molar-refractivity contribution in [3.05, 3.63) is 81.7 Å². The average molecular weight is 578 g/mol. The molecule has 2 aliphatic rings. The molecule has 0 fully saturated rings. The van der Waals surface area contributed by atoms with Gasteiger partial charge >= 0.3 is 0 Å². The van der Waals surface area contributed by atoms with Crippen LogP contribution in [0, 0.1) is 11.3 Å². The van der Waals surface area contributed by atoms with Gasteiger partial charge in [-0.2, -0.15) is 5.10 Å². The van der Waals surface area contributed by atoms with E-state index in [-0.39, 0.29) is 11.8 Å². The molecule has 2 heterocycles. The topological polar surface area (TPSA) is 117 Å². The Balaban J connectivity index is 1.49. The Labute approximate surface area is 253 Å². The lowest BCUT2D eigenvalue weighted by Gasteiger charge is -2.26. The number of nitrogens with one attached hydrogen (secondary N) is 2. The molecule has 222 valence electrons. The number of fused-ring (bicyclic) bond motifs is 2. The highest BCUT2D eigenvalue weighted by molar-refractivity contribution is 6.02. The molecule has 1 aromatic heterocycles. The number of rotatable bonds is 8. The van der Waals surface area contributed by atoms with Crippen molar-refractivity contribution < 1.29 is 9.53 Å². The number of ether oxygens (including phenoxy) is 1. The summed E-state index contributed by atoms with van der Waals surface area (Å²) in [6.07, 6.45) is 9.34. The van der Waals surface area contributed by atoms with Crippen LogP contribution in [0.2, 0.25) is 0 Å². The molecule has 5 rings (SSSR count). The van der Waals surface area contributed by atoms with Gasteiger partial charge in [-0.15, -0.1) is 0 Å². The van der Waals surface area contributed by atoms with E-state index >= 15 is 0 Å². The summed E-state index contributed by atoms with van der Waals surface area (Å²) >= 11 is 0. The molecule has 2 aromatic carbocycles. The smallest absolute Gasteiger partial charge is 0.251 e. The Bertz CT molecular complexity index is 1660. The molecule has 43 heavy (non-hydrogen) atoms. The van der Waals surface area contributed by atoms with Crippen molar-refractivity contribution in [3.63, 3.8) is 0 Å². The van der Waals surface area contributed by atoms with E-state index in [1.807, 2.05) is 24.0 Å². The molecule has 2 N–H and O–H groups in total. The van der Waals surface area contributed by atoms with E-state index in [0.717, 1.165) is 42.8 Å². The van der Waals surface area contributed by atoms with Gasteiger partial charge in [0, 0.05) is 63.8 Å². The molecule has 3 aromatic rings. The standard InChI is InChI=1S/C34H39N7O2/c1-21-9-14-31(39-27-12-10-24(34(42)37-3)17-30(27)43-5)38-20-25-11-13-28-33(32(21)25)29(41(4)40-28)16-22-7-6-8-23(15-22)26(18-35)19-36-2/h6-8,10,12,15,17-21,26,35H,9,11,13-14,16H2,1-5H3,(H,37,42). The number of hydrogen-bond acceptors (Lipinski definition) is 6. The van der Waals surface area contributed by atoms with Crippen molar-refractivity contribution in [1.29, 1.82) is 5.41 Å². The lowest BCUT2D eigenvalue weighted by atomic mass is 9.79. The fourth-order valence-electron chi connectivity index (χ4n) is 6.03. The van der Waals surface area contributed by atoms with E-state index < -0.39 is 0 Å². The Hall–Kier alpha value is -4.66. The number of aromatic nitrogens is 2. The van der Waals surface area contributed by atoms with Gasteiger partial charge in [0.05, 0.1) is 24.4 Å². The summed E-state index contributed by atoms with van der Waals surface area (Å²) in [5.41, 5.74) is 9.61. The van der Waals surface area contributed by atoms with Crippen LogP contribution in [0.5, 0.6) is 5.75 Å². The quantitative estimate of drug-likeness (QED) is 0.332. The van der Waals surface area contributed by atoms with Crippen molar-refractivity contribution in [2.75, 3.05) is 21.2 Å². The zero-order valence-corrected chi connectivity index (χ0v) is 25.5. The largest absolute Gasteiger partial charge is 0.494 e. The van der Waals surface area contributed by atoms with Crippen LogP contribution in [0.3, 0.4) is 0 Å². The highest BCUT2D eigenvalue weighted by Crippen LogP contribution is 2.41. The lowest BCUT2D eigenvalue weighted by Crippen LogP contribution is -2.17. The summed E-state index contributed by atoms with van der Waals surface area (Å²) in [6, 6.07) is 13.7. The monoisotopic (exact) mass is 577 g/mol. The Morgan fingerprint density at radius 1 is 1.23 bits per heavy atom. The van der Waals surface area contributed by atoms with Crippen molar-refractivity contribution in [2.45, 2.75) is 44.9 Å². The van der Waals surface area contributed by atoms with Crippen LogP contribution in [0.15, 0.2) is 63.0 Å². The number of amides is 1. The van der Waals surface area contributed by atoms with Crippen molar-refractivity contribution >= 4 is 41.6 Å². The van der Waals surface area contributed by atoms with Gasteiger partial charge in [-0.1, -0.05) is 31.2 Å². The minimum absolute atomic E-state index is 0.133. The predicted octanol–water partition coefficient (Wildman–Crippen LogP) is 5.74. The first-order chi connectivity index (χ1) is 20.9. The van der Waals surface area contributed by atoms with Gasteiger partial charge in [0.15, 0.2) is 0 Å². The Kier molecular flexibility index (Phi) is 9.09. The second kappa shape index (κ2) is 13.1. The first-order valence-corrected chi connectivity index (χ1v) is 14.7.